The molecule has 28 heavy (non-hydrogen) atoms. The van der Waals surface area contributed by atoms with Crippen molar-refractivity contribution < 1.29 is 13.9 Å². The molecular formula is C19H20FN5O2S. The molecule has 2 aliphatic rings. The van der Waals surface area contributed by atoms with Crippen LogP contribution in [-0.2, 0) is 10.3 Å². The maximum absolute atomic E-state index is 14.9. The van der Waals surface area contributed by atoms with Gasteiger partial charge in [0.05, 0.1) is 24.0 Å². The summed E-state index contributed by atoms with van der Waals surface area (Å²) < 4.78 is 20.4. The summed E-state index contributed by atoms with van der Waals surface area (Å²) in [7, 11) is 0. The Labute approximate surface area is 165 Å². The van der Waals surface area contributed by atoms with E-state index in [9.17, 15) is 9.18 Å². The molecule has 2 aliphatic heterocycles. The summed E-state index contributed by atoms with van der Waals surface area (Å²) >= 11 is 1.45. The standard InChI is InChI=1S/C19H20FN5O2S/c20-15-3-2-13(24-17(26)16-4-1-12(21)8-23-16)7-14(15)19-5-6-27-9-11(19)10-28-18(22)25-19/h1-4,7-8,11H,5-6,9-10,21H2,(H2,22,25)(H,24,26)/t11-,19-/m0/s1. The fourth-order valence-corrected chi connectivity index (χ4v) is 4.60. The normalized spacial score (nSPS) is 24.2. The molecule has 1 fully saturated rings. The fourth-order valence-electron chi connectivity index (χ4n) is 3.63. The Morgan fingerprint density at radius 3 is 2.96 bits per heavy atom. The zero-order chi connectivity index (χ0) is 19.7. The van der Waals surface area contributed by atoms with Gasteiger partial charge in [-0.05, 0) is 30.3 Å². The number of carbonyl (C=O) groups excluding carboxylic acids is 1. The molecule has 0 aliphatic carbocycles. The van der Waals surface area contributed by atoms with Gasteiger partial charge in [0, 0.05) is 35.9 Å². The first-order chi connectivity index (χ1) is 13.5. The second kappa shape index (κ2) is 7.40. The van der Waals surface area contributed by atoms with Gasteiger partial charge in [0.2, 0.25) is 0 Å². The molecule has 0 bridgehead atoms. The SMILES string of the molecule is NC1=N[C@@]2(c3cc(NC(=O)c4ccc(N)cn4)ccc3F)CCOC[C@H]2CS1. The smallest absolute Gasteiger partial charge is 0.274 e. The molecule has 9 heteroatoms. The Hall–Kier alpha value is -2.65. The summed E-state index contributed by atoms with van der Waals surface area (Å²) in [5.41, 5.74) is 12.4. The van der Waals surface area contributed by atoms with Crippen molar-refractivity contribution in [3.8, 4) is 0 Å². The number of hydrogen-bond donors (Lipinski definition) is 3. The van der Waals surface area contributed by atoms with Crippen molar-refractivity contribution in [2.24, 2.45) is 16.6 Å². The first-order valence-corrected chi connectivity index (χ1v) is 9.85. The van der Waals surface area contributed by atoms with Crippen LogP contribution in [0.2, 0.25) is 0 Å². The average Bonchev–Trinajstić information content (AvgIpc) is 2.69. The summed E-state index contributed by atoms with van der Waals surface area (Å²) in [6, 6.07) is 7.63. The third-order valence-corrected chi connectivity index (χ3v) is 6.03. The molecular weight excluding hydrogens is 381 g/mol. The molecule has 0 unspecified atom stereocenters. The number of nitrogens with one attached hydrogen (secondary N) is 1. The molecule has 0 radical (unpaired) electrons. The number of fused-ring (bicyclic) bond motifs is 1. The van der Waals surface area contributed by atoms with Crippen LogP contribution in [0.1, 0.15) is 22.5 Å². The van der Waals surface area contributed by atoms with Crippen molar-refractivity contribution in [1.82, 2.24) is 4.98 Å². The van der Waals surface area contributed by atoms with Gasteiger partial charge in [0.15, 0.2) is 5.17 Å². The third-order valence-electron chi connectivity index (χ3n) is 5.07. The van der Waals surface area contributed by atoms with Crippen molar-refractivity contribution >= 4 is 34.2 Å². The molecule has 1 amide bonds. The number of thioether (sulfide) groups is 1. The van der Waals surface area contributed by atoms with E-state index in [1.165, 1.54) is 36.2 Å². The van der Waals surface area contributed by atoms with Crippen molar-refractivity contribution in [3.05, 3.63) is 53.6 Å². The van der Waals surface area contributed by atoms with Gasteiger partial charge < -0.3 is 21.5 Å². The Balaban J connectivity index is 1.68. The molecule has 3 heterocycles. The Morgan fingerprint density at radius 1 is 1.32 bits per heavy atom. The predicted molar refractivity (Wildman–Crippen MR) is 108 cm³/mol. The van der Waals surface area contributed by atoms with E-state index < -0.39 is 11.4 Å². The van der Waals surface area contributed by atoms with Crippen molar-refractivity contribution in [3.63, 3.8) is 0 Å². The lowest BCUT2D eigenvalue weighted by atomic mass is 9.75. The van der Waals surface area contributed by atoms with Crippen LogP contribution in [0.3, 0.4) is 0 Å². The van der Waals surface area contributed by atoms with Crippen molar-refractivity contribution in [2.45, 2.75) is 12.0 Å². The zero-order valence-electron chi connectivity index (χ0n) is 15.0. The number of rotatable bonds is 3. The fraction of sp³-hybridized carbons (Fsp3) is 0.316. The van der Waals surface area contributed by atoms with Crippen molar-refractivity contribution in [2.75, 3.05) is 30.0 Å². The lowest BCUT2D eigenvalue weighted by Gasteiger charge is -2.44. The van der Waals surface area contributed by atoms with E-state index in [0.29, 0.717) is 47.5 Å². The minimum atomic E-state index is -0.780. The lowest BCUT2D eigenvalue weighted by molar-refractivity contribution is 0.00886. The highest BCUT2D eigenvalue weighted by molar-refractivity contribution is 8.13. The van der Waals surface area contributed by atoms with E-state index in [1.54, 1.807) is 12.1 Å². The first-order valence-electron chi connectivity index (χ1n) is 8.87. The van der Waals surface area contributed by atoms with Crippen LogP contribution < -0.4 is 16.8 Å². The maximum Gasteiger partial charge on any atom is 0.274 e. The number of pyridine rings is 1. The van der Waals surface area contributed by atoms with Gasteiger partial charge in [-0.3, -0.25) is 9.79 Å². The van der Waals surface area contributed by atoms with E-state index in [2.05, 4.69) is 15.3 Å². The van der Waals surface area contributed by atoms with Gasteiger partial charge in [0.25, 0.3) is 5.91 Å². The highest BCUT2D eigenvalue weighted by atomic mass is 32.2. The summed E-state index contributed by atoms with van der Waals surface area (Å²) in [6.45, 7) is 0.971. The third kappa shape index (κ3) is 3.43. The number of nitrogens with two attached hydrogens (primary N) is 2. The maximum atomic E-state index is 14.9. The number of amidine groups is 1. The molecule has 2 atom stereocenters. The lowest BCUT2D eigenvalue weighted by Crippen LogP contribution is -2.47. The van der Waals surface area contributed by atoms with E-state index in [1.807, 2.05) is 0 Å². The Bertz CT molecular complexity index is 936. The van der Waals surface area contributed by atoms with Crippen LogP contribution in [0.5, 0.6) is 0 Å². The highest BCUT2D eigenvalue weighted by Crippen LogP contribution is 2.46. The monoisotopic (exact) mass is 401 g/mol. The summed E-state index contributed by atoms with van der Waals surface area (Å²) in [4.78, 5) is 21.1. The second-order valence-electron chi connectivity index (χ2n) is 6.83. The molecule has 2 aromatic rings. The molecule has 5 N–H and O–H groups in total. The molecule has 1 saturated heterocycles. The number of nitrogen functional groups attached to an aromatic ring is 1. The van der Waals surface area contributed by atoms with Gasteiger partial charge in [-0.2, -0.15) is 0 Å². The Kier molecular flexibility index (Phi) is 4.94. The summed E-state index contributed by atoms with van der Waals surface area (Å²) in [5.74, 6) is -0.0571. The largest absolute Gasteiger partial charge is 0.397 e. The minimum Gasteiger partial charge on any atom is -0.397 e. The zero-order valence-corrected chi connectivity index (χ0v) is 15.8. The van der Waals surface area contributed by atoms with E-state index in [-0.39, 0.29) is 17.4 Å². The average molecular weight is 401 g/mol. The van der Waals surface area contributed by atoms with Crippen LogP contribution in [0.25, 0.3) is 0 Å². The number of aliphatic imine (C=N–C) groups is 1. The summed E-state index contributed by atoms with van der Waals surface area (Å²) in [5, 5.41) is 3.21. The summed E-state index contributed by atoms with van der Waals surface area (Å²) in [6.07, 6.45) is 1.94. The van der Waals surface area contributed by atoms with Crippen LogP contribution in [0, 0.1) is 11.7 Å². The van der Waals surface area contributed by atoms with E-state index >= 15 is 0 Å². The molecule has 7 nitrogen and oxygen atoms in total. The van der Waals surface area contributed by atoms with Gasteiger partial charge in [-0.25, -0.2) is 9.37 Å². The van der Waals surface area contributed by atoms with Crippen LogP contribution in [-0.4, -0.2) is 35.0 Å². The van der Waals surface area contributed by atoms with Gasteiger partial charge >= 0.3 is 0 Å². The molecule has 4 rings (SSSR count). The number of anilines is 2. The number of hydrogen-bond acceptors (Lipinski definition) is 7. The minimum absolute atomic E-state index is 0.0118. The highest BCUT2D eigenvalue weighted by Gasteiger charge is 2.47. The topological polar surface area (TPSA) is 116 Å². The van der Waals surface area contributed by atoms with Gasteiger partial charge in [0.1, 0.15) is 11.5 Å². The second-order valence-corrected chi connectivity index (χ2v) is 7.87. The number of aromatic nitrogens is 1. The Morgan fingerprint density at radius 2 is 2.18 bits per heavy atom. The van der Waals surface area contributed by atoms with Crippen LogP contribution in [0.15, 0.2) is 41.5 Å². The van der Waals surface area contributed by atoms with Crippen molar-refractivity contribution in [1.29, 1.82) is 0 Å². The molecule has 1 aromatic carbocycles. The van der Waals surface area contributed by atoms with Gasteiger partial charge in [-0.15, -0.1) is 0 Å². The van der Waals surface area contributed by atoms with Gasteiger partial charge in [-0.1, -0.05) is 11.8 Å². The quantitative estimate of drug-likeness (QED) is 0.727. The number of carbonyl (C=O) groups is 1. The van der Waals surface area contributed by atoms with E-state index in [4.69, 9.17) is 16.2 Å². The predicted octanol–water partition coefficient (Wildman–Crippen LogP) is 2.35. The number of nitrogens with zero attached hydrogens (tertiary/aromatic N) is 2. The van der Waals surface area contributed by atoms with Crippen LogP contribution >= 0.6 is 11.8 Å². The number of halogens is 1. The number of ether oxygens (including phenoxy) is 1. The molecule has 1 aromatic heterocycles. The van der Waals surface area contributed by atoms with E-state index in [0.717, 1.165) is 0 Å². The number of benzene rings is 1. The number of amides is 1. The van der Waals surface area contributed by atoms with Crippen LogP contribution in [0.4, 0.5) is 15.8 Å². The molecule has 0 spiro atoms. The molecule has 0 saturated carbocycles. The first kappa shape index (κ1) is 18.7. The molecule has 146 valence electrons.